The van der Waals surface area contributed by atoms with Crippen molar-refractivity contribution in [2.45, 2.75) is 46.1 Å². The lowest BCUT2D eigenvalue weighted by molar-refractivity contribution is -0.795. The van der Waals surface area contributed by atoms with Gasteiger partial charge in [0.2, 0.25) is 0 Å². The van der Waals surface area contributed by atoms with Crippen LogP contribution in [0.3, 0.4) is 0 Å². The Bertz CT molecular complexity index is 663. The van der Waals surface area contributed by atoms with E-state index in [1.165, 1.54) is 12.5 Å². The second kappa shape index (κ2) is 8.82. The van der Waals surface area contributed by atoms with E-state index in [0.29, 0.717) is 12.3 Å². The molecule has 1 aromatic carbocycles. The average Bonchev–Trinajstić information content (AvgIpc) is 2.95. The van der Waals surface area contributed by atoms with Crippen LogP contribution in [0.2, 0.25) is 0 Å². The number of aryl methyl sites for hydroxylation is 1. The molecule has 5 nitrogen and oxygen atoms in total. The molecule has 26 heavy (non-hydrogen) atoms. The zero-order valence-corrected chi connectivity index (χ0v) is 16.5. The number of carboxylic acid groups (broad SMARTS) is 1. The molecule has 0 spiro atoms. The fourth-order valence-electron chi connectivity index (χ4n) is 3.92. The van der Waals surface area contributed by atoms with Crippen molar-refractivity contribution in [1.82, 2.24) is 0 Å². The highest BCUT2D eigenvalue weighted by molar-refractivity contribution is 8.13. The first-order chi connectivity index (χ1) is 12.3. The van der Waals surface area contributed by atoms with Gasteiger partial charge < -0.3 is 5.11 Å². The van der Waals surface area contributed by atoms with Crippen LogP contribution in [-0.2, 0) is 16.0 Å². The molecule has 1 fully saturated rings. The van der Waals surface area contributed by atoms with Crippen LogP contribution in [0, 0.1) is 11.8 Å². The lowest BCUT2D eigenvalue weighted by atomic mass is 9.97. The Morgan fingerprint density at radius 3 is 2.50 bits per heavy atom. The number of thioether (sulfide) groups is 1. The maximum absolute atomic E-state index is 13.0. The van der Waals surface area contributed by atoms with Crippen molar-refractivity contribution in [2.75, 3.05) is 12.3 Å². The molecule has 1 saturated heterocycles. The van der Waals surface area contributed by atoms with E-state index in [2.05, 4.69) is 12.1 Å². The van der Waals surface area contributed by atoms with Gasteiger partial charge in [0.05, 0.1) is 12.5 Å². The number of carbonyl (C=O) groups is 3. The summed E-state index contributed by atoms with van der Waals surface area (Å²) in [6.45, 7) is 5.39. The maximum Gasteiger partial charge on any atom is 0.521 e. The lowest BCUT2D eigenvalue weighted by Crippen LogP contribution is -2.60. The standard InChI is InChI=1S/C20H27NO4S/c1-14(13-26-16(3)22)19(23)21(20(24)25)12-18(11-15(21)2)10-9-17-7-5-4-6-8-17/h4-8,14-15,18H,9-13H2,1-3H3/p+1/t14?,15?,18-,21-/m0/s1. The minimum absolute atomic E-state index is 0.0540. The summed E-state index contributed by atoms with van der Waals surface area (Å²) in [4.78, 5) is 36.3. The molecule has 2 unspecified atom stereocenters. The molecule has 1 N–H and O–H groups in total. The molecule has 1 aliphatic heterocycles. The van der Waals surface area contributed by atoms with Crippen LogP contribution in [0.25, 0.3) is 0 Å². The summed E-state index contributed by atoms with van der Waals surface area (Å²) in [6.07, 6.45) is 1.44. The van der Waals surface area contributed by atoms with Gasteiger partial charge in [-0.15, -0.1) is 0 Å². The molecule has 0 saturated carbocycles. The Morgan fingerprint density at radius 1 is 1.27 bits per heavy atom. The Labute approximate surface area is 159 Å². The molecule has 4 atom stereocenters. The number of quaternary nitrogens is 1. The van der Waals surface area contributed by atoms with Gasteiger partial charge in [-0.1, -0.05) is 42.1 Å². The summed E-state index contributed by atoms with van der Waals surface area (Å²) in [7, 11) is 0. The molecular weight excluding hydrogens is 350 g/mol. The first-order valence-electron chi connectivity index (χ1n) is 9.10. The first kappa shape index (κ1) is 20.6. The highest BCUT2D eigenvalue weighted by Gasteiger charge is 2.57. The summed E-state index contributed by atoms with van der Waals surface area (Å²) in [5.74, 6) is -0.197. The monoisotopic (exact) mass is 378 g/mol. The molecule has 142 valence electrons. The van der Waals surface area contributed by atoms with Gasteiger partial charge in [0.15, 0.2) is 5.12 Å². The number of likely N-dealkylation sites (tertiary alicyclic amines) is 1. The summed E-state index contributed by atoms with van der Waals surface area (Å²) < 4.78 is -0.501. The van der Waals surface area contributed by atoms with Gasteiger partial charge >= 0.3 is 12.0 Å². The topological polar surface area (TPSA) is 71.4 Å². The van der Waals surface area contributed by atoms with Gasteiger partial charge in [-0.25, -0.2) is 4.79 Å². The molecule has 1 heterocycles. The van der Waals surface area contributed by atoms with Crippen LogP contribution < -0.4 is 0 Å². The molecule has 2 rings (SSSR count). The highest BCUT2D eigenvalue weighted by Crippen LogP contribution is 2.36. The second-order valence-corrected chi connectivity index (χ2v) is 8.55. The van der Waals surface area contributed by atoms with Gasteiger partial charge in [-0.05, 0) is 32.3 Å². The Hall–Kier alpha value is -1.66. The number of hydrogen-bond acceptors (Lipinski definition) is 4. The third-order valence-corrected chi connectivity index (χ3v) is 6.42. The van der Waals surface area contributed by atoms with Crippen molar-refractivity contribution >= 4 is 28.9 Å². The largest absolute Gasteiger partial charge is 0.521 e. The second-order valence-electron chi connectivity index (χ2n) is 7.35. The zero-order valence-electron chi connectivity index (χ0n) is 15.7. The van der Waals surface area contributed by atoms with Gasteiger partial charge in [-0.2, -0.15) is 9.28 Å². The third kappa shape index (κ3) is 4.54. The predicted molar refractivity (Wildman–Crippen MR) is 103 cm³/mol. The molecule has 1 aliphatic rings. The van der Waals surface area contributed by atoms with E-state index in [1.807, 2.05) is 25.1 Å². The van der Waals surface area contributed by atoms with Gasteiger partial charge in [0.25, 0.3) is 0 Å². The SMILES string of the molecule is CC(=O)SCC(C)C(=O)[N@+]1(C(=O)O)C[C@@H](CCc2ccccc2)CC1C. The van der Waals surface area contributed by atoms with Crippen molar-refractivity contribution in [3.8, 4) is 0 Å². The summed E-state index contributed by atoms with van der Waals surface area (Å²) in [6, 6.07) is 9.88. The van der Waals surface area contributed by atoms with Crippen LogP contribution in [0.4, 0.5) is 4.79 Å². The van der Waals surface area contributed by atoms with E-state index in [1.54, 1.807) is 6.92 Å². The van der Waals surface area contributed by atoms with E-state index >= 15 is 0 Å². The quantitative estimate of drug-likeness (QED) is 0.759. The smallest absolute Gasteiger partial charge is 0.435 e. The van der Waals surface area contributed by atoms with Crippen molar-refractivity contribution in [2.24, 2.45) is 11.8 Å². The van der Waals surface area contributed by atoms with Crippen LogP contribution in [0.15, 0.2) is 30.3 Å². The van der Waals surface area contributed by atoms with E-state index in [4.69, 9.17) is 0 Å². The van der Waals surface area contributed by atoms with E-state index in [0.717, 1.165) is 31.0 Å². The number of carbonyl (C=O) groups excluding carboxylic acids is 2. The predicted octanol–water partition coefficient (Wildman–Crippen LogP) is 3.96. The fraction of sp³-hybridized carbons (Fsp3) is 0.550. The summed E-state index contributed by atoms with van der Waals surface area (Å²) >= 11 is 1.08. The van der Waals surface area contributed by atoms with E-state index in [-0.39, 0.29) is 23.0 Å². The number of hydrogen-bond donors (Lipinski definition) is 1. The maximum atomic E-state index is 13.0. The van der Waals surface area contributed by atoms with Gasteiger partial charge in [0, 0.05) is 25.0 Å². The molecule has 0 aromatic heterocycles. The first-order valence-corrected chi connectivity index (χ1v) is 10.1. The van der Waals surface area contributed by atoms with Gasteiger partial charge in [0.1, 0.15) is 6.04 Å². The lowest BCUT2D eigenvalue weighted by Gasteiger charge is -2.32. The number of rotatable bonds is 6. The Morgan fingerprint density at radius 2 is 1.92 bits per heavy atom. The van der Waals surface area contributed by atoms with E-state index < -0.39 is 16.5 Å². The number of imide groups is 1. The van der Waals surface area contributed by atoms with Crippen LogP contribution >= 0.6 is 11.8 Å². The minimum atomic E-state index is -1.07. The normalized spacial score (nSPS) is 26.4. The summed E-state index contributed by atoms with van der Waals surface area (Å²) in [5, 5.41) is 9.86. The Kier molecular flexibility index (Phi) is 7.01. The molecule has 6 heteroatoms. The average molecular weight is 379 g/mol. The van der Waals surface area contributed by atoms with Crippen molar-refractivity contribution < 1.29 is 24.0 Å². The number of benzene rings is 1. The molecule has 0 aliphatic carbocycles. The third-order valence-electron chi connectivity index (χ3n) is 5.35. The van der Waals surface area contributed by atoms with Crippen molar-refractivity contribution in [3.05, 3.63) is 35.9 Å². The Balaban J connectivity index is 2.08. The van der Waals surface area contributed by atoms with Crippen LogP contribution in [0.1, 0.15) is 39.2 Å². The number of nitrogens with zero attached hydrogens (tertiary/aromatic N) is 1. The molecule has 0 radical (unpaired) electrons. The summed E-state index contributed by atoms with van der Waals surface area (Å²) in [5.41, 5.74) is 1.23. The van der Waals surface area contributed by atoms with Gasteiger partial charge in [-0.3, -0.25) is 4.79 Å². The number of amides is 2. The van der Waals surface area contributed by atoms with Crippen molar-refractivity contribution in [1.29, 1.82) is 0 Å². The zero-order chi connectivity index (χ0) is 19.3. The molecule has 2 amide bonds. The van der Waals surface area contributed by atoms with Crippen molar-refractivity contribution in [3.63, 3.8) is 0 Å². The molecule has 1 aromatic rings. The van der Waals surface area contributed by atoms with E-state index in [9.17, 15) is 19.5 Å². The van der Waals surface area contributed by atoms with Crippen LogP contribution in [0.5, 0.6) is 0 Å². The minimum Gasteiger partial charge on any atom is -0.435 e. The fourth-order valence-corrected chi connectivity index (χ4v) is 4.55. The highest BCUT2D eigenvalue weighted by atomic mass is 32.2. The molecule has 0 bridgehead atoms. The molecular formula is C20H28NO4S+. The van der Waals surface area contributed by atoms with Crippen LogP contribution in [-0.4, -0.2) is 45.0 Å².